The van der Waals surface area contributed by atoms with E-state index in [9.17, 15) is 9.90 Å². The zero-order valence-corrected chi connectivity index (χ0v) is 9.44. The molecule has 16 heavy (non-hydrogen) atoms. The number of rotatable bonds is 6. The predicted molar refractivity (Wildman–Crippen MR) is 62.8 cm³/mol. The highest BCUT2D eigenvalue weighted by molar-refractivity contribution is 6.33. The average molecular weight is 244 g/mol. The maximum atomic E-state index is 10.3. The second kappa shape index (κ2) is 6.35. The van der Waals surface area contributed by atoms with Crippen molar-refractivity contribution in [2.45, 2.75) is 18.9 Å². The monoisotopic (exact) mass is 243 g/mol. The van der Waals surface area contributed by atoms with Crippen molar-refractivity contribution >= 4 is 23.3 Å². The first-order valence-corrected chi connectivity index (χ1v) is 5.35. The number of aliphatic carboxylic acids is 1. The molecule has 0 bridgehead atoms. The molecule has 0 radical (unpaired) electrons. The largest absolute Gasteiger partial charge is 0.481 e. The van der Waals surface area contributed by atoms with Crippen molar-refractivity contribution in [1.82, 2.24) is 0 Å². The lowest BCUT2D eigenvalue weighted by atomic mass is 10.2. The van der Waals surface area contributed by atoms with Gasteiger partial charge in [-0.3, -0.25) is 4.79 Å². The summed E-state index contributed by atoms with van der Waals surface area (Å²) in [4.78, 5) is 10.3. The van der Waals surface area contributed by atoms with Crippen molar-refractivity contribution in [2.75, 3.05) is 11.9 Å². The molecule has 4 nitrogen and oxygen atoms in total. The van der Waals surface area contributed by atoms with Crippen LogP contribution >= 0.6 is 11.6 Å². The van der Waals surface area contributed by atoms with Crippen LogP contribution in [0.4, 0.5) is 5.69 Å². The molecule has 1 unspecified atom stereocenters. The molecule has 0 aromatic heterocycles. The Bertz CT molecular complexity index is 357. The van der Waals surface area contributed by atoms with E-state index in [0.717, 1.165) is 5.69 Å². The number of anilines is 1. The molecule has 0 amide bonds. The van der Waals surface area contributed by atoms with Gasteiger partial charge in [0.25, 0.3) is 0 Å². The molecule has 0 aliphatic rings. The summed E-state index contributed by atoms with van der Waals surface area (Å²) in [5.74, 6) is -0.906. The molecule has 1 rings (SSSR count). The lowest BCUT2D eigenvalue weighted by molar-refractivity contribution is -0.137. The Morgan fingerprint density at radius 1 is 1.44 bits per heavy atom. The fourth-order valence-electron chi connectivity index (χ4n) is 1.22. The third kappa shape index (κ3) is 4.51. The molecule has 3 N–H and O–H groups in total. The summed E-state index contributed by atoms with van der Waals surface area (Å²) in [6, 6.07) is 7.19. The first-order valence-electron chi connectivity index (χ1n) is 4.98. The van der Waals surface area contributed by atoms with Crippen LogP contribution in [0.25, 0.3) is 0 Å². The maximum Gasteiger partial charge on any atom is 0.303 e. The molecule has 0 heterocycles. The van der Waals surface area contributed by atoms with E-state index >= 15 is 0 Å². The molecule has 0 saturated heterocycles. The van der Waals surface area contributed by atoms with Crippen LogP contribution in [-0.2, 0) is 4.79 Å². The van der Waals surface area contributed by atoms with Gasteiger partial charge in [0, 0.05) is 13.0 Å². The lowest BCUT2D eigenvalue weighted by Crippen LogP contribution is -2.20. The van der Waals surface area contributed by atoms with Gasteiger partial charge in [0.1, 0.15) is 0 Å². The average Bonchev–Trinajstić information content (AvgIpc) is 2.25. The molecule has 0 spiro atoms. The summed E-state index contributed by atoms with van der Waals surface area (Å²) < 4.78 is 0. The molecule has 1 atom stereocenters. The molecule has 88 valence electrons. The summed E-state index contributed by atoms with van der Waals surface area (Å²) in [6.45, 7) is 0.289. The number of nitrogens with one attached hydrogen (secondary N) is 1. The number of carbonyl (C=O) groups is 1. The Kier molecular flexibility index (Phi) is 5.08. The summed E-state index contributed by atoms with van der Waals surface area (Å²) in [7, 11) is 0. The predicted octanol–water partition coefficient (Wildman–Crippen LogP) is 1.98. The molecule has 0 aliphatic carbocycles. The number of halogens is 1. The maximum absolute atomic E-state index is 10.3. The minimum Gasteiger partial charge on any atom is -0.481 e. The van der Waals surface area contributed by atoms with Gasteiger partial charge in [-0.2, -0.15) is 0 Å². The van der Waals surface area contributed by atoms with Crippen LogP contribution in [0.15, 0.2) is 24.3 Å². The van der Waals surface area contributed by atoms with Gasteiger partial charge in [0.15, 0.2) is 0 Å². The highest BCUT2D eigenvalue weighted by atomic mass is 35.5. The van der Waals surface area contributed by atoms with Gasteiger partial charge in [0.05, 0.1) is 16.8 Å². The smallest absolute Gasteiger partial charge is 0.303 e. The Labute approximate surface area is 98.9 Å². The number of hydrogen-bond acceptors (Lipinski definition) is 3. The first kappa shape index (κ1) is 12.8. The van der Waals surface area contributed by atoms with Gasteiger partial charge in [-0.1, -0.05) is 23.7 Å². The molecule has 5 heteroatoms. The van der Waals surface area contributed by atoms with E-state index in [4.69, 9.17) is 16.7 Å². The zero-order chi connectivity index (χ0) is 12.0. The van der Waals surface area contributed by atoms with E-state index < -0.39 is 12.1 Å². The number of aliphatic hydroxyl groups is 1. The van der Waals surface area contributed by atoms with Crippen LogP contribution in [0.1, 0.15) is 12.8 Å². The summed E-state index contributed by atoms with van der Waals surface area (Å²) >= 11 is 5.90. The van der Waals surface area contributed by atoms with E-state index in [2.05, 4.69) is 5.32 Å². The van der Waals surface area contributed by atoms with E-state index in [1.165, 1.54) is 0 Å². The highest BCUT2D eigenvalue weighted by Gasteiger charge is 2.07. The van der Waals surface area contributed by atoms with E-state index in [1.54, 1.807) is 12.1 Å². The minimum atomic E-state index is -0.906. The second-order valence-electron chi connectivity index (χ2n) is 3.45. The fourth-order valence-corrected chi connectivity index (χ4v) is 1.43. The molecular weight excluding hydrogens is 230 g/mol. The number of carboxylic acid groups (broad SMARTS) is 1. The van der Waals surface area contributed by atoms with Gasteiger partial charge in [0.2, 0.25) is 0 Å². The normalized spacial score (nSPS) is 12.1. The van der Waals surface area contributed by atoms with Crippen molar-refractivity contribution in [1.29, 1.82) is 0 Å². The number of para-hydroxylation sites is 1. The van der Waals surface area contributed by atoms with Crippen LogP contribution < -0.4 is 5.32 Å². The van der Waals surface area contributed by atoms with Crippen molar-refractivity contribution in [3.05, 3.63) is 29.3 Å². The number of benzene rings is 1. The van der Waals surface area contributed by atoms with Crippen molar-refractivity contribution in [2.24, 2.45) is 0 Å². The first-order chi connectivity index (χ1) is 7.59. The van der Waals surface area contributed by atoms with Crippen LogP contribution in [0, 0.1) is 0 Å². The third-order valence-corrected chi connectivity index (χ3v) is 2.42. The van der Waals surface area contributed by atoms with Gasteiger partial charge >= 0.3 is 5.97 Å². The molecular formula is C11H14ClNO3. The van der Waals surface area contributed by atoms with Crippen LogP contribution in [0.5, 0.6) is 0 Å². The second-order valence-corrected chi connectivity index (χ2v) is 3.85. The van der Waals surface area contributed by atoms with Crippen LogP contribution in [0.3, 0.4) is 0 Å². The zero-order valence-electron chi connectivity index (χ0n) is 8.69. The van der Waals surface area contributed by atoms with E-state index in [0.29, 0.717) is 5.02 Å². The van der Waals surface area contributed by atoms with Crippen molar-refractivity contribution < 1.29 is 15.0 Å². The Morgan fingerprint density at radius 3 is 2.75 bits per heavy atom. The summed E-state index contributed by atoms with van der Waals surface area (Å²) in [6.07, 6.45) is -0.495. The standard InChI is InChI=1S/C11H14ClNO3/c12-9-3-1-2-4-10(9)13-7-8(14)5-6-11(15)16/h1-4,8,13-14H,5-7H2,(H,15,16). The number of hydrogen-bond donors (Lipinski definition) is 3. The molecule has 1 aromatic carbocycles. The summed E-state index contributed by atoms with van der Waals surface area (Å²) in [5.41, 5.74) is 0.735. The molecule has 0 saturated carbocycles. The van der Waals surface area contributed by atoms with E-state index in [1.807, 2.05) is 12.1 Å². The minimum absolute atomic E-state index is 0.0363. The molecule has 1 aromatic rings. The Hall–Kier alpha value is -1.26. The van der Waals surface area contributed by atoms with Gasteiger partial charge in [-0.25, -0.2) is 0 Å². The lowest BCUT2D eigenvalue weighted by Gasteiger charge is -2.12. The summed E-state index contributed by atoms with van der Waals surface area (Å²) in [5, 5.41) is 21.5. The van der Waals surface area contributed by atoms with Gasteiger partial charge in [-0.15, -0.1) is 0 Å². The quantitative estimate of drug-likeness (QED) is 0.715. The number of aliphatic hydroxyl groups excluding tert-OH is 1. The topological polar surface area (TPSA) is 69.6 Å². The highest BCUT2D eigenvalue weighted by Crippen LogP contribution is 2.20. The fraction of sp³-hybridized carbons (Fsp3) is 0.364. The Morgan fingerprint density at radius 2 is 2.12 bits per heavy atom. The van der Waals surface area contributed by atoms with Crippen molar-refractivity contribution in [3.63, 3.8) is 0 Å². The van der Waals surface area contributed by atoms with Crippen LogP contribution in [-0.4, -0.2) is 28.8 Å². The Balaban J connectivity index is 2.34. The third-order valence-electron chi connectivity index (χ3n) is 2.09. The SMILES string of the molecule is O=C(O)CCC(O)CNc1ccccc1Cl. The van der Waals surface area contributed by atoms with Crippen LogP contribution in [0.2, 0.25) is 5.02 Å². The number of carboxylic acids is 1. The molecule has 0 aliphatic heterocycles. The van der Waals surface area contributed by atoms with Gasteiger partial charge in [-0.05, 0) is 18.6 Å². The molecule has 0 fully saturated rings. The van der Waals surface area contributed by atoms with Gasteiger partial charge < -0.3 is 15.5 Å². The van der Waals surface area contributed by atoms with E-state index in [-0.39, 0.29) is 19.4 Å². The van der Waals surface area contributed by atoms with Crippen molar-refractivity contribution in [3.8, 4) is 0 Å².